The maximum atomic E-state index is 13.5. The third-order valence-electron chi connectivity index (χ3n) is 2.74. The molecule has 0 bridgehead atoms. The van der Waals surface area contributed by atoms with Crippen LogP contribution in [0.5, 0.6) is 5.75 Å². The van der Waals surface area contributed by atoms with Crippen molar-refractivity contribution in [3.05, 3.63) is 59.7 Å². The van der Waals surface area contributed by atoms with Crippen LogP contribution in [0.1, 0.15) is 19.4 Å². The zero-order chi connectivity index (χ0) is 14.5. The number of rotatable bonds is 5. The minimum atomic E-state index is -0.604. The molecule has 0 radical (unpaired) electrons. The second-order valence-electron chi connectivity index (χ2n) is 4.75. The first-order valence-corrected chi connectivity index (χ1v) is 6.49. The number of hydrogen-bond donors (Lipinski definition) is 1. The Bertz CT molecular complexity index is 584. The summed E-state index contributed by atoms with van der Waals surface area (Å²) in [6, 6.07) is 11.0. The van der Waals surface area contributed by atoms with Crippen molar-refractivity contribution in [3.63, 3.8) is 0 Å². The van der Waals surface area contributed by atoms with Crippen LogP contribution in [0.2, 0.25) is 0 Å². The van der Waals surface area contributed by atoms with Crippen LogP contribution in [-0.4, -0.2) is 6.10 Å². The second kappa shape index (κ2) is 6.37. The predicted octanol–water partition coefficient (Wildman–Crippen LogP) is 4.36. The lowest BCUT2D eigenvalue weighted by Crippen LogP contribution is -2.09. The molecule has 20 heavy (non-hydrogen) atoms. The lowest BCUT2D eigenvalue weighted by molar-refractivity contribution is 0.240. The highest BCUT2D eigenvalue weighted by atomic mass is 19.1. The number of para-hydroxylation sites is 1. The molecule has 0 spiro atoms. The van der Waals surface area contributed by atoms with E-state index in [0.717, 1.165) is 17.4 Å². The molecule has 106 valence electrons. The van der Waals surface area contributed by atoms with Crippen LogP contribution in [-0.2, 0) is 6.54 Å². The molecule has 0 saturated heterocycles. The molecule has 2 rings (SSSR count). The van der Waals surface area contributed by atoms with Crippen molar-refractivity contribution in [2.24, 2.45) is 0 Å². The van der Waals surface area contributed by atoms with Gasteiger partial charge >= 0.3 is 0 Å². The molecule has 0 aliphatic carbocycles. The van der Waals surface area contributed by atoms with Gasteiger partial charge in [0.2, 0.25) is 0 Å². The van der Waals surface area contributed by atoms with Crippen LogP contribution in [0, 0.1) is 11.6 Å². The standard InChI is InChI=1S/C16H17F2NO/c1-11(2)20-16-6-4-3-5-12(16)10-19-15-8-7-13(17)9-14(15)18/h3-9,11,19H,10H2,1-2H3. The fourth-order valence-corrected chi connectivity index (χ4v) is 1.84. The van der Waals surface area contributed by atoms with Gasteiger partial charge in [-0.3, -0.25) is 0 Å². The lowest BCUT2D eigenvalue weighted by atomic mass is 10.2. The van der Waals surface area contributed by atoms with Crippen molar-refractivity contribution >= 4 is 5.69 Å². The molecule has 0 saturated carbocycles. The van der Waals surface area contributed by atoms with E-state index in [0.29, 0.717) is 6.54 Å². The van der Waals surface area contributed by atoms with Gasteiger partial charge in [-0.25, -0.2) is 8.78 Å². The molecule has 0 unspecified atom stereocenters. The third kappa shape index (κ3) is 3.70. The average Bonchev–Trinajstić information content (AvgIpc) is 2.39. The Hall–Kier alpha value is -2.10. The summed E-state index contributed by atoms with van der Waals surface area (Å²) in [7, 11) is 0. The molecule has 2 aromatic rings. The number of ether oxygens (including phenoxy) is 1. The van der Waals surface area contributed by atoms with Gasteiger partial charge in [-0.15, -0.1) is 0 Å². The van der Waals surface area contributed by atoms with Gasteiger partial charge in [-0.1, -0.05) is 18.2 Å². The SMILES string of the molecule is CC(C)Oc1ccccc1CNc1ccc(F)cc1F. The monoisotopic (exact) mass is 277 g/mol. The third-order valence-corrected chi connectivity index (χ3v) is 2.74. The van der Waals surface area contributed by atoms with E-state index in [4.69, 9.17) is 4.74 Å². The zero-order valence-electron chi connectivity index (χ0n) is 11.5. The maximum Gasteiger partial charge on any atom is 0.149 e. The predicted molar refractivity (Wildman–Crippen MR) is 75.9 cm³/mol. The fraction of sp³-hybridized carbons (Fsp3) is 0.250. The van der Waals surface area contributed by atoms with Gasteiger partial charge < -0.3 is 10.1 Å². The molecule has 0 amide bonds. The van der Waals surface area contributed by atoms with E-state index in [1.54, 1.807) is 0 Å². The van der Waals surface area contributed by atoms with E-state index in [1.165, 1.54) is 12.1 Å². The first kappa shape index (κ1) is 14.3. The Morgan fingerprint density at radius 3 is 2.55 bits per heavy atom. The van der Waals surface area contributed by atoms with Crippen molar-refractivity contribution in [1.29, 1.82) is 0 Å². The highest BCUT2D eigenvalue weighted by Crippen LogP contribution is 2.22. The van der Waals surface area contributed by atoms with Crippen LogP contribution >= 0.6 is 0 Å². The molecule has 2 aromatic carbocycles. The molecule has 0 heterocycles. The molecule has 2 nitrogen and oxygen atoms in total. The summed E-state index contributed by atoms with van der Waals surface area (Å²) < 4.78 is 32.0. The number of halogens is 2. The smallest absolute Gasteiger partial charge is 0.149 e. The summed E-state index contributed by atoms with van der Waals surface area (Å²) >= 11 is 0. The zero-order valence-corrected chi connectivity index (χ0v) is 11.5. The highest BCUT2D eigenvalue weighted by Gasteiger charge is 2.07. The van der Waals surface area contributed by atoms with Crippen LogP contribution in [0.15, 0.2) is 42.5 Å². The van der Waals surface area contributed by atoms with E-state index >= 15 is 0 Å². The van der Waals surface area contributed by atoms with Gasteiger partial charge in [-0.2, -0.15) is 0 Å². The Kier molecular flexibility index (Phi) is 4.56. The number of nitrogens with one attached hydrogen (secondary N) is 1. The Morgan fingerprint density at radius 1 is 1.10 bits per heavy atom. The Morgan fingerprint density at radius 2 is 1.85 bits per heavy atom. The molecule has 4 heteroatoms. The van der Waals surface area contributed by atoms with E-state index in [1.807, 2.05) is 38.1 Å². The fourth-order valence-electron chi connectivity index (χ4n) is 1.84. The van der Waals surface area contributed by atoms with Crippen molar-refractivity contribution in [1.82, 2.24) is 0 Å². The summed E-state index contributed by atoms with van der Waals surface area (Å²) in [4.78, 5) is 0. The van der Waals surface area contributed by atoms with Crippen molar-refractivity contribution < 1.29 is 13.5 Å². The summed E-state index contributed by atoms with van der Waals surface area (Å²) in [6.07, 6.45) is 0.0682. The van der Waals surface area contributed by atoms with Crippen LogP contribution in [0.25, 0.3) is 0 Å². The van der Waals surface area contributed by atoms with Crippen LogP contribution in [0.4, 0.5) is 14.5 Å². The second-order valence-corrected chi connectivity index (χ2v) is 4.75. The van der Waals surface area contributed by atoms with Crippen molar-refractivity contribution in [3.8, 4) is 5.75 Å². The first-order valence-electron chi connectivity index (χ1n) is 6.49. The van der Waals surface area contributed by atoms with Gasteiger partial charge in [0.25, 0.3) is 0 Å². The number of anilines is 1. The maximum absolute atomic E-state index is 13.5. The van der Waals surface area contributed by atoms with Gasteiger partial charge in [-0.05, 0) is 32.0 Å². The molecule has 0 atom stereocenters. The minimum absolute atomic E-state index is 0.0682. The van der Waals surface area contributed by atoms with Gasteiger partial charge in [0, 0.05) is 18.2 Å². The van der Waals surface area contributed by atoms with Crippen LogP contribution < -0.4 is 10.1 Å². The van der Waals surface area contributed by atoms with E-state index in [9.17, 15) is 8.78 Å². The molecule has 1 N–H and O–H groups in total. The Balaban J connectivity index is 2.10. The van der Waals surface area contributed by atoms with Crippen LogP contribution in [0.3, 0.4) is 0 Å². The normalized spacial score (nSPS) is 10.7. The summed E-state index contributed by atoms with van der Waals surface area (Å²) in [5.74, 6) is -0.429. The number of hydrogen-bond acceptors (Lipinski definition) is 2. The Labute approximate surface area is 117 Å². The average molecular weight is 277 g/mol. The highest BCUT2D eigenvalue weighted by molar-refractivity contribution is 5.46. The molecular formula is C16H17F2NO. The molecule has 0 aliphatic rings. The molecule has 0 aromatic heterocycles. The van der Waals surface area contributed by atoms with Crippen molar-refractivity contribution in [2.45, 2.75) is 26.5 Å². The van der Waals surface area contributed by atoms with Crippen molar-refractivity contribution in [2.75, 3.05) is 5.32 Å². The van der Waals surface area contributed by atoms with E-state index in [-0.39, 0.29) is 11.8 Å². The van der Waals surface area contributed by atoms with Gasteiger partial charge in [0.1, 0.15) is 17.4 Å². The van der Waals surface area contributed by atoms with Gasteiger partial charge in [0.05, 0.1) is 11.8 Å². The van der Waals surface area contributed by atoms with E-state index in [2.05, 4.69) is 5.32 Å². The number of benzene rings is 2. The first-order chi connectivity index (χ1) is 9.56. The summed E-state index contributed by atoms with van der Waals surface area (Å²) in [5.41, 5.74) is 1.19. The quantitative estimate of drug-likeness (QED) is 0.876. The molecule has 0 fully saturated rings. The molecular weight excluding hydrogens is 260 g/mol. The largest absolute Gasteiger partial charge is 0.491 e. The van der Waals surface area contributed by atoms with E-state index < -0.39 is 11.6 Å². The molecule has 0 aliphatic heterocycles. The topological polar surface area (TPSA) is 21.3 Å². The minimum Gasteiger partial charge on any atom is -0.491 e. The lowest BCUT2D eigenvalue weighted by Gasteiger charge is -2.15. The summed E-state index contributed by atoms with van der Waals surface area (Å²) in [6.45, 7) is 4.30. The summed E-state index contributed by atoms with van der Waals surface area (Å²) in [5, 5.41) is 2.95. The van der Waals surface area contributed by atoms with Gasteiger partial charge in [0.15, 0.2) is 0 Å².